The van der Waals surface area contributed by atoms with E-state index in [0.717, 1.165) is 44.7 Å². The van der Waals surface area contributed by atoms with Crippen LogP contribution in [0.25, 0.3) is 0 Å². The number of carbonyl (C=O) groups is 1. The molecule has 1 aromatic rings. The average Bonchev–Trinajstić information content (AvgIpc) is 2.57. The second kappa shape index (κ2) is 7.81. The Hall–Kier alpha value is -2.06. The van der Waals surface area contributed by atoms with Gasteiger partial charge in [0.05, 0.1) is 17.3 Å². The lowest BCUT2D eigenvalue weighted by Crippen LogP contribution is -2.51. The highest BCUT2D eigenvalue weighted by molar-refractivity contribution is 5.81. The monoisotopic (exact) mass is 300 g/mol. The van der Waals surface area contributed by atoms with Gasteiger partial charge in [0, 0.05) is 12.5 Å². The van der Waals surface area contributed by atoms with Gasteiger partial charge in [-0.05, 0) is 50.7 Å². The Morgan fingerprint density at radius 3 is 2.82 bits per heavy atom. The number of nitrogens with zero attached hydrogens (tertiary/aromatic N) is 3. The molecule has 0 aromatic heterocycles. The lowest BCUT2D eigenvalue weighted by molar-refractivity contribution is -0.127. The summed E-state index contributed by atoms with van der Waals surface area (Å²) >= 11 is 0. The van der Waals surface area contributed by atoms with Gasteiger partial charge in [-0.2, -0.15) is 5.26 Å². The van der Waals surface area contributed by atoms with Gasteiger partial charge in [-0.3, -0.25) is 15.2 Å². The highest BCUT2D eigenvalue weighted by Crippen LogP contribution is 2.21. The normalized spacial score (nSPS) is 18.2. The van der Waals surface area contributed by atoms with Crippen LogP contribution in [0, 0.1) is 17.2 Å². The van der Waals surface area contributed by atoms with E-state index in [1.54, 1.807) is 12.1 Å². The van der Waals surface area contributed by atoms with Crippen molar-refractivity contribution in [3.63, 3.8) is 0 Å². The molecule has 1 unspecified atom stereocenters. The van der Waals surface area contributed by atoms with Gasteiger partial charge in [0.1, 0.15) is 0 Å². The summed E-state index contributed by atoms with van der Waals surface area (Å²) in [5.41, 5.74) is 4.44. The van der Waals surface area contributed by atoms with Crippen LogP contribution in [-0.2, 0) is 4.79 Å². The first-order valence-electron chi connectivity index (χ1n) is 7.98. The van der Waals surface area contributed by atoms with Crippen LogP contribution < -0.4 is 10.4 Å². The minimum atomic E-state index is 0.0796. The molecule has 1 aliphatic rings. The number of nitrogens with one attached hydrogen (secondary N) is 1. The van der Waals surface area contributed by atoms with Gasteiger partial charge in [-0.1, -0.05) is 19.9 Å². The number of hydrogen-bond acceptors (Lipinski definition) is 4. The summed E-state index contributed by atoms with van der Waals surface area (Å²) < 4.78 is 0. The fourth-order valence-electron chi connectivity index (χ4n) is 2.79. The van der Waals surface area contributed by atoms with Crippen molar-refractivity contribution in [2.75, 3.05) is 31.2 Å². The van der Waals surface area contributed by atoms with Crippen molar-refractivity contribution in [3.05, 3.63) is 29.8 Å². The van der Waals surface area contributed by atoms with Crippen molar-refractivity contribution < 1.29 is 4.79 Å². The smallest absolute Gasteiger partial charge is 0.241 e. The highest BCUT2D eigenvalue weighted by atomic mass is 16.2. The third kappa shape index (κ3) is 3.99. The van der Waals surface area contributed by atoms with Crippen molar-refractivity contribution in [2.24, 2.45) is 5.92 Å². The van der Waals surface area contributed by atoms with Crippen LogP contribution in [0.1, 0.15) is 32.3 Å². The molecule has 1 N–H and O–H groups in total. The first-order chi connectivity index (χ1) is 10.7. The van der Waals surface area contributed by atoms with E-state index in [0.29, 0.717) is 5.56 Å². The van der Waals surface area contributed by atoms with Crippen LogP contribution in [0.15, 0.2) is 24.3 Å². The summed E-state index contributed by atoms with van der Waals surface area (Å²) in [5.74, 6) is 0.164. The molecule has 22 heavy (non-hydrogen) atoms. The van der Waals surface area contributed by atoms with Crippen LogP contribution in [-0.4, -0.2) is 37.0 Å². The van der Waals surface area contributed by atoms with E-state index in [1.807, 2.05) is 17.1 Å². The summed E-state index contributed by atoms with van der Waals surface area (Å²) in [6.45, 7) is 8.09. The number of carbonyl (C=O) groups excluding carboxylic acids is 1. The molecule has 5 heteroatoms. The number of amides is 1. The zero-order valence-corrected chi connectivity index (χ0v) is 13.4. The molecule has 2 rings (SSSR count). The molecule has 0 aliphatic carbocycles. The number of anilines is 1. The lowest BCUT2D eigenvalue weighted by Gasteiger charge is -2.34. The molecule has 0 saturated carbocycles. The van der Waals surface area contributed by atoms with Gasteiger partial charge < -0.3 is 4.90 Å². The van der Waals surface area contributed by atoms with Crippen molar-refractivity contribution in [1.82, 2.24) is 10.3 Å². The van der Waals surface area contributed by atoms with Gasteiger partial charge >= 0.3 is 0 Å². The van der Waals surface area contributed by atoms with E-state index in [4.69, 9.17) is 5.26 Å². The van der Waals surface area contributed by atoms with Gasteiger partial charge in [0.2, 0.25) is 5.91 Å². The van der Waals surface area contributed by atoms with E-state index in [-0.39, 0.29) is 11.8 Å². The standard InChI is InChI=1S/C17H24N4O/c1-3-20(4-2)10-8-15-9-11-21(19-17(15)22)16-7-5-6-14(12-16)13-18/h5-7,12,15H,3-4,8-11H2,1-2H3,(H,19,22). The van der Waals surface area contributed by atoms with E-state index < -0.39 is 0 Å². The number of benzene rings is 1. The fraction of sp³-hybridized carbons (Fsp3) is 0.529. The molecule has 1 saturated heterocycles. The molecular weight excluding hydrogens is 276 g/mol. The lowest BCUT2D eigenvalue weighted by atomic mass is 9.98. The Bertz CT molecular complexity index is 548. The summed E-state index contributed by atoms with van der Waals surface area (Å²) in [5, 5.41) is 10.8. The third-order valence-corrected chi connectivity index (χ3v) is 4.29. The number of hydrazine groups is 1. The predicted molar refractivity (Wildman–Crippen MR) is 87.2 cm³/mol. The Morgan fingerprint density at radius 2 is 2.18 bits per heavy atom. The zero-order valence-electron chi connectivity index (χ0n) is 13.4. The van der Waals surface area contributed by atoms with Crippen molar-refractivity contribution in [1.29, 1.82) is 5.26 Å². The Morgan fingerprint density at radius 1 is 1.41 bits per heavy atom. The molecular formula is C17H24N4O. The van der Waals surface area contributed by atoms with E-state index >= 15 is 0 Å². The van der Waals surface area contributed by atoms with Crippen LogP contribution in [0.3, 0.4) is 0 Å². The molecule has 1 aromatic carbocycles. The highest BCUT2D eigenvalue weighted by Gasteiger charge is 2.27. The zero-order chi connectivity index (χ0) is 15.9. The number of rotatable bonds is 6. The Balaban J connectivity index is 1.92. The summed E-state index contributed by atoms with van der Waals surface area (Å²) in [6.07, 6.45) is 1.75. The van der Waals surface area contributed by atoms with Crippen molar-refractivity contribution in [2.45, 2.75) is 26.7 Å². The van der Waals surface area contributed by atoms with Crippen LogP contribution in [0.4, 0.5) is 5.69 Å². The summed E-state index contributed by atoms with van der Waals surface area (Å²) in [7, 11) is 0. The van der Waals surface area contributed by atoms with Crippen LogP contribution in [0.5, 0.6) is 0 Å². The first-order valence-corrected chi connectivity index (χ1v) is 7.98. The SMILES string of the molecule is CCN(CC)CCC1CCN(c2cccc(C#N)c2)NC1=O. The third-order valence-electron chi connectivity index (χ3n) is 4.29. The maximum absolute atomic E-state index is 12.3. The Kier molecular flexibility index (Phi) is 5.79. The number of hydrogen-bond donors (Lipinski definition) is 1. The molecule has 1 heterocycles. The molecule has 5 nitrogen and oxygen atoms in total. The Labute approximate surface area is 132 Å². The quantitative estimate of drug-likeness (QED) is 0.874. The maximum atomic E-state index is 12.3. The van der Waals surface area contributed by atoms with Crippen molar-refractivity contribution >= 4 is 11.6 Å². The topological polar surface area (TPSA) is 59.4 Å². The molecule has 1 fully saturated rings. The molecule has 1 aliphatic heterocycles. The van der Waals surface area contributed by atoms with Gasteiger partial charge in [-0.25, -0.2) is 0 Å². The second-order valence-corrected chi connectivity index (χ2v) is 5.59. The average molecular weight is 300 g/mol. The molecule has 1 atom stereocenters. The minimum absolute atomic E-state index is 0.0796. The van der Waals surface area contributed by atoms with Gasteiger partial charge in [0.25, 0.3) is 0 Å². The summed E-state index contributed by atoms with van der Waals surface area (Å²) in [6, 6.07) is 9.45. The maximum Gasteiger partial charge on any atom is 0.241 e. The molecule has 0 bridgehead atoms. The van der Waals surface area contributed by atoms with Crippen LogP contribution in [0.2, 0.25) is 0 Å². The molecule has 118 valence electrons. The predicted octanol–water partition coefficient (Wildman–Crippen LogP) is 2.15. The van der Waals surface area contributed by atoms with Crippen molar-refractivity contribution in [3.8, 4) is 6.07 Å². The fourth-order valence-corrected chi connectivity index (χ4v) is 2.79. The molecule has 0 radical (unpaired) electrons. The van der Waals surface area contributed by atoms with E-state index in [2.05, 4.69) is 30.2 Å². The van der Waals surface area contributed by atoms with E-state index in [1.165, 1.54) is 0 Å². The van der Waals surface area contributed by atoms with E-state index in [9.17, 15) is 4.79 Å². The van der Waals surface area contributed by atoms with Crippen LogP contribution >= 0.6 is 0 Å². The molecule has 0 spiro atoms. The summed E-state index contributed by atoms with van der Waals surface area (Å²) in [4.78, 5) is 14.6. The minimum Gasteiger partial charge on any atom is -0.304 e. The second-order valence-electron chi connectivity index (χ2n) is 5.59. The van der Waals surface area contributed by atoms with Gasteiger partial charge in [-0.15, -0.1) is 0 Å². The first kappa shape index (κ1) is 16.3. The molecule has 1 amide bonds. The van der Waals surface area contributed by atoms with Gasteiger partial charge in [0.15, 0.2) is 0 Å². The largest absolute Gasteiger partial charge is 0.304 e. The number of nitriles is 1.